The van der Waals surface area contributed by atoms with Gasteiger partial charge in [-0.2, -0.15) is 0 Å². The van der Waals surface area contributed by atoms with Crippen molar-refractivity contribution in [2.24, 2.45) is 0 Å². The van der Waals surface area contributed by atoms with E-state index in [-0.39, 0.29) is 27.1 Å². The van der Waals surface area contributed by atoms with Crippen molar-refractivity contribution < 1.29 is 16.8 Å². The first-order valence-electron chi connectivity index (χ1n) is 5.53. The van der Waals surface area contributed by atoms with Crippen LogP contribution in [0.4, 0.5) is 0 Å². The third-order valence-electron chi connectivity index (χ3n) is 2.67. The molecule has 0 N–H and O–H groups in total. The number of halogens is 2. The molecule has 0 heterocycles. The number of sulfone groups is 2. The van der Waals surface area contributed by atoms with Crippen molar-refractivity contribution in [2.45, 2.75) is 18.4 Å². The van der Waals surface area contributed by atoms with Crippen molar-refractivity contribution in [2.75, 3.05) is 11.5 Å². The van der Waals surface area contributed by atoms with Crippen LogP contribution in [0.5, 0.6) is 0 Å². The summed E-state index contributed by atoms with van der Waals surface area (Å²) in [5.74, 6) is -0.533. The predicted molar refractivity (Wildman–Crippen MR) is 78.1 cm³/mol. The molecule has 0 aromatic heterocycles. The van der Waals surface area contributed by atoms with Gasteiger partial charge in [-0.1, -0.05) is 43.1 Å². The van der Waals surface area contributed by atoms with Crippen LogP contribution in [0, 0.1) is 0 Å². The molecule has 0 amide bonds. The standard InChI is InChI=1S/C11H14Cl2O4S2/c1-3-18(14,15)11(19(16,17)4-2)8-5-6-9(12)10(13)7-8/h5-7,11H,3-4H2,1-2H3. The van der Waals surface area contributed by atoms with Gasteiger partial charge in [-0.05, 0) is 17.7 Å². The summed E-state index contributed by atoms with van der Waals surface area (Å²) in [6.45, 7) is 2.82. The maximum absolute atomic E-state index is 12.0. The lowest BCUT2D eigenvalue weighted by molar-refractivity contribution is 0.578. The van der Waals surface area contributed by atoms with Gasteiger partial charge in [-0.25, -0.2) is 16.8 Å². The molecule has 0 radical (unpaired) electrons. The molecule has 0 saturated carbocycles. The summed E-state index contributed by atoms with van der Waals surface area (Å²) < 4.78 is 46.6. The van der Waals surface area contributed by atoms with E-state index < -0.39 is 24.3 Å². The Kier molecular flexibility index (Phi) is 5.28. The normalized spacial score (nSPS) is 12.9. The Labute approximate surface area is 123 Å². The van der Waals surface area contributed by atoms with Gasteiger partial charge in [-0.15, -0.1) is 0 Å². The van der Waals surface area contributed by atoms with E-state index in [0.717, 1.165) is 0 Å². The van der Waals surface area contributed by atoms with Crippen molar-refractivity contribution in [1.82, 2.24) is 0 Å². The largest absolute Gasteiger partial charge is 0.227 e. The molecule has 1 rings (SSSR count). The molecule has 19 heavy (non-hydrogen) atoms. The van der Waals surface area contributed by atoms with Crippen LogP contribution in [0.1, 0.15) is 24.0 Å². The third kappa shape index (κ3) is 3.62. The molecule has 0 spiro atoms. The summed E-state index contributed by atoms with van der Waals surface area (Å²) in [6, 6.07) is 4.05. The molecule has 0 unspecified atom stereocenters. The molecule has 0 atom stereocenters. The highest BCUT2D eigenvalue weighted by atomic mass is 35.5. The van der Waals surface area contributed by atoms with Gasteiger partial charge in [0, 0.05) is 11.5 Å². The topological polar surface area (TPSA) is 68.3 Å². The Morgan fingerprint density at radius 1 is 0.947 bits per heavy atom. The van der Waals surface area contributed by atoms with Gasteiger partial charge in [0.1, 0.15) is 0 Å². The zero-order valence-corrected chi connectivity index (χ0v) is 13.6. The lowest BCUT2D eigenvalue weighted by atomic mass is 10.2. The molecule has 0 aliphatic rings. The van der Waals surface area contributed by atoms with Crippen LogP contribution in [0.15, 0.2) is 18.2 Å². The van der Waals surface area contributed by atoms with Crippen molar-refractivity contribution in [3.8, 4) is 0 Å². The molecule has 4 nitrogen and oxygen atoms in total. The first kappa shape index (κ1) is 16.8. The fraction of sp³-hybridized carbons (Fsp3) is 0.455. The predicted octanol–water partition coefficient (Wildman–Crippen LogP) is 2.86. The van der Waals surface area contributed by atoms with E-state index in [0.29, 0.717) is 0 Å². The van der Waals surface area contributed by atoms with Gasteiger partial charge in [0.2, 0.25) is 0 Å². The molecular formula is C11H14Cl2O4S2. The second kappa shape index (κ2) is 5.99. The third-order valence-corrected chi connectivity index (χ3v) is 8.63. The highest BCUT2D eigenvalue weighted by Gasteiger charge is 2.37. The second-order valence-corrected chi connectivity index (χ2v) is 9.77. The summed E-state index contributed by atoms with van der Waals surface area (Å²) in [5, 5.41) is 0.369. The zero-order chi connectivity index (χ0) is 14.8. The number of benzene rings is 1. The Morgan fingerprint density at radius 3 is 1.79 bits per heavy atom. The summed E-state index contributed by atoms with van der Waals surface area (Å²) >= 11 is 11.6. The second-order valence-electron chi connectivity index (χ2n) is 3.91. The highest BCUT2D eigenvalue weighted by Crippen LogP contribution is 2.33. The fourth-order valence-electron chi connectivity index (χ4n) is 1.60. The smallest absolute Gasteiger partial charge is 0.187 e. The average molecular weight is 345 g/mol. The lowest BCUT2D eigenvalue weighted by Crippen LogP contribution is -2.25. The minimum absolute atomic E-state index is 0.123. The van der Waals surface area contributed by atoms with Crippen LogP contribution in [-0.2, 0) is 19.7 Å². The summed E-state index contributed by atoms with van der Waals surface area (Å²) in [4.78, 5) is 0. The Bertz CT molecular complexity index is 632. The number of hydrogen-bond acceptors (Lipinski definition) is 4. The van der Waals surface area contributed by atoms with Gasteiger partial charge < -0.3 is 0 Å². The van der Waals surface area contributed by atoms with E-state index in [9.17, 15) is 16.8 Å². The van der Waals surface area contributed by atoms with Crippen molar-refractivity contribution >= 4 is 42.9 Å². The number of hydrogen-bond donors (Lipinski definition) is 0. The van der Waals surface area contributed by atoms with Crippen molar-refractivity contribution in [3.63, 3.8) is 0 Å². The minimum Gasteiger partial charge on any atom is -0.227 e. The average Bonchev–Trinajstić information content (AvgIpc) is 2.33. The van der Waals surface area contributed by atoms with E-state index in [4.69, 9.17) is 23.2 Å². The van der Waals surface area contributed by atoms with Crippen molar-refractivity contribution in [3.05, 3.63) is 33.8 Å². The lowest BCUT2D eigenvalue weighted by Gasteiger charge is -2.17. The first-order valence-corrected chi connectivity index (χ1v) is 9.72. The van der Waals surface area contributed by atoms with Gasteiger partial charge in [0.25, 0.3) is 0 Å². The summed E-state index contributed by atoms with van der Waals surface area (Å²) in [5.41, 5.74) is 0.123. The molecule has 1 aromatic carbocycles. The van der Waals surface area contributed by atoms with Crippen LogP contribution >= 0.6 is 23.2 Å². The molecule has 0 bridgehead atoms. The molecule has 1 aromatic rings. The van der Waals surface area contributed by atoms with Gasteiger partial charge >= 0.3 is 0 Å². The molecular weight excluding hydrogens is 331 g/mol. The maximum Gasteiger partial charge on any atom is 0.187 e. The SMILES string of the molecule is CCS(=O)(=O)C(c1ccc(Cl)c(Cl)c1)S(=O)(=O)CC. The molecule has 0 aliphatic carbocycles. The van der Waals surface area contributed by atoms with E-state index in [1.807, 2.05) is 0 Å². The quantitative estimate of drug-likeness (QED) is 0.823. The first-order chi connectivity index (χ1) is 8.65. The zero-order valence-electron chi connectivity index (χ0n) is 10.4. The van der Waals surface area contributed by atoms with Crippen LogP contribution in [-0.4, -0.2) is 28.3 Å². The molecule has 0 fully saturated rings. The molecule has 0 saturated heterocycles. The monoisotopic (exact) mass is 344 g/mol. The van der Waals surface area contributed by atoms with E-state index in [2.05, 4.69) is 0 Å². The van der Waals surface area contributed by atoms with E-state index >= 15 is 0 Å². The fourth-order valence-corrected chi connectivity index (χ4v) is 6.24. The van der Waals surface area contributed by atoms with Crippen molar-refractivity contribution in [1.29, 1.82) is 0 Å². The van der Waals surface area contributed by atoms with Crippen LogP contribution in [0.25, 0.3) is 0 Å². The van der Waals surface area contributed by atoms with E-state index in [1.54, 1.807) is 0 Å². The van der Waals surface area contributed by atoms with Gasteiger partial charge in [0.05, 0.1) is 10.0 Å². The highest BCUT2D eigenvalue weighted by molar-refractivity contribution is 8.08. The minimum atomic E-state index is -3.80. The Hall–Kier alpha value is -0.300. The summed E-state index contributed by atoms with van der Waals surface area (Å²) in [7, 11) is -7.60. The van der Waals surface area contributed by atoms with E-state index in [1.165, 1.54) is 32.0 Å². The van der Waals surface area contributed by atoms with Crippen LogP contribution in [0.2, 0.25) is 10.0 Å². The van der Waals surface area contributed by atoms with Gasteiger partial charge in [-0.3, -0.25) is 0 Å². The summed E-state index contributed by atoms with van der Waals surface area (Å²) in [6.07, 6.45) is 0. The molecule has 8 heteroatoms. The van der Waals surface area contributed by atoms with Crippen LogP contribution in [0.3, 0.4) is 0 Å². The number of rotatable bonds is 5. The Morgan fingerprint density at radius 2 is 1.42 bits per heavy atom. The maximum atomic E-state index is 12.0. The van der Waals surface area contributed by atoms with Crippen LogP contribution < -0.4 is 0 Å². The Balaban J connectivity index is 3.54. The molecule has 0 aliphatic heterocycles. The van der Waals surface area contributed by atoms with Gasteiger partial charge in [0.15, 0.2) is 24.3 Å². The molecule has 108 valence electrons.